The topological polar surface area (TPSA) is 37.8 Å². The molecule has 1 saturated heterocycles. The molecule has 1 fully saturated rings. The zero-order valence-corrected chi connectivity index (χ0v) is 14.6. The van der Waals surface area contributed by atoms with E-state index in [9.17, 15) is 0 Å². The summed E-state index contributed by atoms with van der Waals surface area (Å²) in [6.45, 7) is 7.06. The highest BCUT2D eigenvalue weighted by Crippen LogP contribution is 2.32. The molecule has 132 valence electrons. The van der Waals surface area contributed by atoms with Gasteiger partial charge < -0.3 is 14.4 Å². The lowest BCUT2D eigenvalue weighted by Crippen LogP contribution is -2.46. The molecular formula is C20H25N3O2. The van der Waals surface area contributed by atoms with E-state index in [1.165, 1.54) is 24.1 Å². The van der Waals surface area contributed by atoms with Gasteiger partial charge in [0.2, 0.25) is 6.79 Å². The summed E-state index contributed by atoms with van der Waals surface area (Å²) in [7, 11) is 0. The smallest absolute Gasteiger partial charge is 0.231 e. The van der Waals surface area contributed by atoms with Crippen LogP contribution in [0.2, 0.25) is 0 Å². The van der Waals surface area contributed by atoms with Gasteiger partial charge in [0, 0.05) is 45.1 Å². The van der Waals surface area contributed by atoms with E-state index in [2.05, 4.69) is 33.0 Å². The van der Waals surface area contributed by atoms with Crippen molar-refractivity contribution in [3.05, 3.63) is 53.9 Å². The third kappa shape index (κ3) is 4.30. The second kappa shape index (κ2) is 7.85. The van der Waals surface area contributed by atoms with Crippen LogP contribution in [0.25, 0.3) is 0 Å². The van der Waals surface area contributed by atoms with E-state index >= 15 is 0 Å². The molecule has 2 aliphatic rings. The first-order valence-corrected chi connectivity index (χ1v) is 9.09. The van der Waals surface area contributed by atoms with Gasteiger partial charge in [0.25, 0.3) is 0 Å². The van der Waals surface area contributed by atoms with Crippen molar-refractivity contribution in [2.24, 2.45) is 0 Å². The predicted molar refractivity (Wildman–Crippen MR) is 96.8 cm³/mol. The monoisotopic (exact) mass is 339 g/mol. The number of hydrogen-bond acceptors (Lipinski definition) is 5. The molecule has 0 unspecified atom stereocenters. The third-order valence-electron chi connectivity index (χ3n) is 4.97. The molecule has 0 N–H and O–H groups in total. The fraction of sp³-hybridized carbons (Fsp3) is 0.450. The molecular weight excluding hydrogens is 314 g/mol. The molecule has 0 amide bonds. The SMILES string of the molecule is c1cncc(CCCN2CCN(Cc3ccc4c(c3)OCO4)CC2)c1. The Bertz CT molecular complexity index is 685. The molecule has 0 spiro atoms. The zero-order valence-electron chi connectivity index (χ0n) is 14.6. The highest BCUT2D eigenvalue weighted by atomic mass is 16.7. The summed E-state index contributed by atoms with van der Waals surface area (Å²) < 4.78 is 10.9. The molecule has 0 saturated carbocycles. The minimum absolute atomic E-state index is 0.344. The molecule has 1 aromatic carbocycles. The first-order valence-electron chi connectivity index (χ1n) is 9.09. The van der Waals surface area contributed by atoms with E-state index in [0.717, 1.165) is 50.6 Å². The van der Waals surface area contributed by atoms with Crippen LogP contribution in [-0.4, -0.2) is 54.3 Å². The third-order valence-corrected chi connectivity index (χ3v) is 4.97. The molecule has 2 aliphatic heterocycles. The van der Waals surface area contributed by atoms with Crippen LogP contribution in [0.5, 0.6) is 11.5 Å². The lowest BCUT2D eigenvalue weighted by atomic mass is 10.1. The number of benzene rings is 1. The molecule has 1 aromatic heterocycles. The van der Waals surface area contributed by atoms with Crippen LogP contribution >= 0.6 is 0 Å². The summed E-state index contributed by atoms with van der Waals surface area (Å²) in [5, 5.41) is 0. The van der Waals surface area contributed by atoms with Crippen molar-refractivity contribution in [2.45, 2.75) is 19.4 Å². The van der Waals surface area contributed by atoms with E-state index < -0.39 is 0 Å². The molecule has 2 aromatic rings. The Morgan fingerprint density at radius 1 is 0.920 bits per heavy atom. The Hall–Kier alpha value is -2.11. The molecule has 5 heteroatoms. The quantitative estimate of drug-likeness (QED) is 0.809. The molecule has 4 rings (SSSR count). The maximum Gasteiger partial charge on any atom is 0.231 e. The largest absolute Gasteiger partial charge is 0.454 e. The first kappa shape index (κ1) is 16.4. The number of aryl methyl sites for hydroxylation is 1. The summed E-state index contributed by atoms with van der Waals surface area (Å²) >= 11 is 0. The summed E-state index contributed by atoms with van der Waals surface area (Å²) in [5.41, 5.74) is 2.64. The maximum absolute atomic E-state index is 5.47. The number of hydrogen-bond donors (Lipinski definition) is 0. The molecule has 5 nitrogen and oxygen atoms in total. The number of fused-ring (bicyclic) bond motifs is 1. The summed E-state index contributed by atoms with van der Waals surface area (Å²) in [6, 6.07) is 10.5. The van der Waals surface area contributed by atoms with E-state index in [0.29, 0.717) is 6.79 Å². The van der Waals surface area contributed by atoms with E-state index in [1.807, 2.05) is 24.5 Å². The van der Waals surface area contributed by atoms with Gasteiger partial charge in [-0.2, -0.15) is 0 Å². The van der Waals surface area contributed by atoms with Gasteiger partial charge in [-0.25, -0.2) is 0 Å². The first-order chi connectivity index (χ1) is 12.4. The molecule has 0 atom stereocenters. The molecule has 0 radical (unpaired) electrons. The second-order valence-electron chi connectivity index (χ2n) is 6.77. The Kier molecular flexibility index (Phi) is 5.14. The van der Waals surface area contributed by atoms with Gasteiger partial charge >= 0.3 is 0 Å². The van der Waals surface area contributed by atoms with Crippen molar-refractivity contribution < 1.29 is 9.47 Å². The van der Waals surface area contributed by atoms with Gasteiger partial charge in [-0.1, -0.05) is 12.1 Å². The van der Waals surface area contributed by atoms with Crippen LogP contribution < -0.4 is 9.47 Å². The van der Waals surface area contributed by atoms with Crippen molar-refractivity contribution in [1.82, 2.24) is 14.8 Å². The molecule has 25 heavy (non-hydrogen) atoms. The number of rotatable bonds is 6. The van der Waals surface area contributed by atoms with Crippen LogP contribution in [0.4, 0.5) is 0 Å². The second-order valence-corrected chi connectivity index (χ2v) is 6.77. The standard InChI is InChI=1S/C20H25N3O2/c1-3-17(14-21-7-1)4-2-8-22-9-11-23(12-10-22)15-18-5-6-19-20(13-18)25-16-24-19/h1,3,5-7,13-14H,2,4,8-12,15-16H2. The van der Waals surface area contributed by atoms with Gasteiger partial charge in [0.15, 0.2) is 11.5 Å². The Morgan fingerprint density at radius 3 is 2.60 bits per heavy atom. The summed E-state index contributed by atoms with van der Waals surface area (Å²) in [6.07, 6.45) is 6.13. The van der Waals surface area contributed by atoms with Crippen LogP contribution in [-0.2, 0) is 13.0 Å². The van der Waals surface area contributed by atoms with Crippen molar-refractivity contribution in [1.29, 1.82) is 0 Å². The number of nitrogens with zero attached hydrogens (tertiary/aromatic N) is 3. The van der Waals surface area contributed by atoms with Crippen LogP contribution in [0, 0.1) is 0 Å². The lowest BCUT2D eigenvalue weighted by Gasteiger charge is -2.34. The van der Waals surface area contributed by atoms with Crippen LogP contribution in [0.1, 0.15) is 17.5 Å². The van der Waals surface area contributed by atoms with E-state index in [4.69, 9.17) is 9.47 Å². The predicted octanol–water partition coefficient (Wildman–Crippen LogP) is 2.56. The Labute approximate surface area is 149 Å². The van der Waals surface area contributed by atoms with Crippen molar-refractivity contribution in [3.8, 4) is 11.5 Å². The van der Waals surface area contributed by atoms with Crippen molar-refractivity contribution >= 4 is 0 Å². The summed E-state index contributed by atoms with van der Waals surface area (Å²) in [5.74, 6) is 1.74. The maximum atomic E-state index is 5.47. The minimum atomic E-state index is 0.344. The van der Waals surface area contributed by atoms with Gasteiger partial charge in [-0.15, -0.1) is 0 Å². The van der Waals surface area contributed by atoms with Crippen LogP contribution in [0.3, 0.4) is 0 Å². The Balaban J connectivity index is 1.19. The number of aromatic nitrogens is 1. The number of ether oxygens (including phenoxy) is 2. The Morgan fingerprint density at radius 2 is 1.76 bits per heavy atom. The molecule has 0 aliphatic carbocycles. The fourth-order valence-corrected chi connectivity index (χ4v) is 3.52. The zero-order chi connectivity index (χ0) is 16.9. The minimum Gasteiger partial charge on any atom is -0.454 e. The number of pyridine rings is 1. The van der Waals surface area contributed by atoms with Gasteiger partial charge in [0.05, 0.1) is 0 Å². The molecule has 0 bridgehead atoms. The average molecular weight is 339 g/mol. The van der Waals surface area contributed by atoms with E-state index in [1.54, 1.807) is 0 Å². The number of piperazine rings is 1. The normalized spacial score (nSPS) is 17.8. The van der Waals surface area contributed by atoms with Gasteiger partial charge in [-0.05, 0) is 48.7 Å². The van der Waals surface area contributed by atoms with Gasteiger partial charge in [-0.3, -0.25) is 9.88 Å². The van der Waals surface area contributed by atoms with Crippen molar-refractivity contribution in [2.75, 3.05) is 39.5 Å². The lowest BCUT2D eigenvalue weighted by molar-refractivity contribution is 0.126. The molecule has 3 heterocycles. The highest BCUT2D eigenvalue weighted by molar-refractivity contribution is 5.44. The van der Waals surface area contributed by atoms with E-state index in [-0.39, 0.29) is 0 Å². The average Bonchev–Trinajstić information content (AvgIpc) is 3.12. The summed E-state index contributed by atoms with van der Waals surface area (Å²) in [4.78, 5) is 9.28. The fourth-order valence-electron chi connectivity index (χ4n) is 3.52. The van der Waals surface area contributed by atoms with Gasteiger partial charge in [0.1, 0.15) is 0 Å². The highest BCUT2D eigenvalue weighted by Gasteiger charge is 2.18. The van der Waals surface area contributed by atoms with Crippen LogP contribution in [0.15, 0.2) is 42.7 Å². The van der Waals surface area contributed by atoms with Crippen molar-refractivity contribution in [3.63, 3.8) is 0 Å².